The highest BCUT2D eigenvalue weighted by Crippen LogP contribution is 2.25. The van der Waals surface area contributed by atoms with E-state index < -0.39 is 0 Å². The first-order valence-electron chi connectivity index (χ1n) is 8.23. The minimum absolute atomic E-state index is 0.0622. The molecule has 2 aromatic carbocycles. The van der Waals surface area contributed by atoms with Gasteiger partial charge >= 0.3 is 0 Å². The maximum Gasteiger partial charge on any atom is 0.253 e. The summed E-state index contributed by atoms with van der Waals surface area (Å²) in [7, 11) is 0. The minimum atomic E-state index is 0.0622. The van der Waals surface area contributed by atoms with Gasteiger partial charge in [0.15, 0.2) is 0 Å². The van der Waals surface area contributed by atoms with Gasteiger partial charge in [0, 0.05) is 28.7 Å². The van der Waals surface area contributed by atoms with Crippen LogP contribution in [-0.2, 0) is 0 Å². The van der Waals surface area contributed by atoms with Crippen molar-refractivity contribution in [2.24, 2.45) is 0 Å². The topological polar surface area (TPSA) is 51.0 Å². The fourth-order valence-electron chi connectivity index (χ4n) is 3.14. The normalized spacial score (nSPS) is 17.0. The first-order chi connectivity index (χ1) is 12.2. The lowest BCUT2D eigenvalue weighted by Crippen LogP contribution is -2.29. The fourth-order valence-corrected chi connectivity index (χ4v) is 3.54. The third-order valence-corrected chi connectivity index (χ3v) is 4.97. The molecule has 1 atom stereocenters. The summed E-state index contributed by atoms with van der Waals surface area (Å²) in [6.07, 6.45) is 2.85. The molecular weight excluding hydrogens is 380 g/mol. The standard InChI is InChI=1S/C19H17BrN4O/c20-16-8-4-7-15(11-16)19(25)23-10-9-17(12-23)24-13-18(21-22-24)14-5-2-1-3-6-14/h1-8,11,13,17H,9-10,12H2. The summed E-state index contributed by atoms with van der Waals surface area (Å²) in [6, 6.07) is 17.7. The van der Waals surface area contributed by atoms with E-state index in [1.165, 1.54) is 0 Å². The van der Waals surface area contributed by atoms with Crippen molar-refractivity contribution < 1.29 is 4.79 Å². The van der Waals surface area contributed by atoms with Crippen LogP contribution < -0.4 is 0 Å². The number of amides is 1. The van der Waals surface area contributed by atoms with E-state index in [1.54, 1.807) is 0 Å². The summed E-state index contributed by atoms with van der Waals surface area (Å²) in [5, 5.41) is 8.55. The Kier molecular flexibility index (Phi) is 4.36. The van der Waals surface area contributed by atoms with Crippen LogP contribution in [-0.4, -0.2) is 38.9 Å². The third kappa shape index (κ3) is 3.35. The lowest BCUT2D eigenvalue weighted by Gasteiger charge is -2.16. The monoisotopic (exact) mass is 396 g/mol. The molecular formula is C19H17BrN4O. The maximum absolute atomic E-state index is 12.7. The first-order valence-corrected chi connectivity index (χ1v) is 9.02. The number of hydrogen-bond donors (Lipinski definition) is 0. The summed E-state index contributed by atoms with van der Waals surface area (Å²) in [5.74, 6) is 0.0622. The number of nitrogens with zero attached hydrogens (tertiary/aromatic N) is 4. The van der Waals surface area contributed by atoms with Gasteiger partial charge in [-0.25, -0.2) is 4.68 Å². The highest BCUT2D eigenvalue weighted by atomic mass is 79.9. The summed E-state index contributed by atoms with van der Waals surface area (Å²) >= 11 is 3.42. The molecule has 1 fully saturated rings. The van der Waals surface area contributed by atoms with E-state index in [4.69, 9.17) is 0 Å². The first kappa shape index (κ1) is 16.0. The van der Waals surface area contributed by atoms with Crippen LogP contribution >= 0.6 is 15.9 Å². The number of likely N-dealkylation sites (tertiary alicyclic amines) is 1. The number of carbonyl (C=O) groups is 1. The second-order valence-corrected chi connectivity index (χ2v) is 7.07. The van der Waals surface area contributed by atoms with Crippen molar-refractivity contribution in [1.29, 1.82) is 0 Å². The van der Waals surface area contributed by atoms with Gasteiger partial charge in [0.1, 0.15) is 5.69 Å². The Morgan fingerprint density at radius 2 is 1.96 bits per heavy atom. The Morgan fingerprint density at radius 3 is 2.76 bits per heavy atom. The highest BCUT2D eigenvalue weighted by Gasteiger charge is 2.29. The molecule has 0 radical (unpaired) electrons. The Morgan fingerprint density at radius 1 is 1.12 bits per heavy atom. The molecule has 0 N–H and O–H groups in total. The van der Waals surface area contributed by atoms with E-state index in [0.717, 1.165) is 28.7 Å². The second-order valence-electron chi connectivity index (χ2n) is 6.15. The van der Waals surface area contributed by atoms with Gasteiger partial charge < -0.3 is 4.90 Å². The molecule has 1 unspecified atom stereocenters. The summed E-state index contributed by atoms with van der Waals surface area (Å²) in [6.45, 7) is 1.39. The van der Waals surface area contributed by atoms with Gasteiger partial charge in [0.05, 0.1) is 12.2 Å². The molecule has 4 rings (SSSR count). The van der Waals surface area contributed by atoms with Gasteiger partial charge in [-0.3, -0.25) is 4.79 Å². The zero-order valence-electron chi connectivity index (χ0n) is 13.5. The van der Waals surface area contributed by atoms with Crippen LogP contribution in [0.5, 0.6) is 0 Å². The maximum atomic E-state index is 12.7. The minimum Gasteiger partial charge on any atom is -0.336 e. The number of hydrogen-bond acceptors (Lipinski definition) is 3. The van der Waals surface area contributed by atoms with E-state index in [9.17, 15) is 4.79 Å². The van der Waals surface area contributed by atoms with Crippen LogP contribution in [0.15, 0.2) is 65.3 Å². The van der Waals surface area contributed by atoms with Crippen molar-refractivity contribution >= 4 is 21.8 Å². The lowest BCUT2D eigenvalue weighted by molar-refractivity contribution is 0.0787. The molecule has 2 heterocycles. The predicted octanol–water partition coefficient (Wildman–Crippen LogP) is 3.79. The second kappa shape index (κ2) is 6.80. The Hall–Kier alpha value is -2.47. The molecule has 0 bridgehead atoms. The Balaban J connectivity index is 1.48. The predicted molar refractivity (Wildman–Crippen MR) is 99.2 cm³/mol. The van der Waals surface area contributed by atoms with Gasteiger partial charge in [0.25, 0.3) is 5.91 Å². The number of benzene rings is 2. The number of halogens is 1. The van der Waals surface area contributed by atoms with Crippen LogP contribution in [0.1, 0.15) is 22.8 Å². The molecule has 1 amide bonds. The van der Waals surface area contributed by atoms with E-state index in [2.05, 4.69) is 26.2 Å². The highest BCUT2D eigenvalue weighted by molar-refractivity contribution is 9.10. The van der Waals surface area contributed by atoms with Gasteiger partial charge in [-0.2, -0.15) is 0 Å². The molecule has 0 spiro atoms. The summed E-state index contributed by atoms with van der Waals surface area (Å²) in [4.78, 5) is 14.5. The molecule has 3 aromatic rings. The SMILES string of the molecule is O=C(c1cccc(Br)c1)N1CCC(n2cc(-c3ccccc3)nn2)C1. The van der Waals surface area contributed by atoms with Gasteiger partial charge in [-0.1, -0.05) is 57.5 Å². The number of aromatic nitrogens is 3. The molecule has 1 aromatic heterocycles. The molecule has 1 saturated heterocycles. The Labute approximate surface area is 154 Å². The van der Waals surface area contributed by atoms with Crippen LogP contribution in [0.25, 0.3) is 11.3 Å². The molecule has 0 saturated carbocycles. The molecule has 5 nitrogen and oxygen atoms in total. The van der Waals surface area contributed by atoms with Crippen LogP contribution in [0.3, 0.4) is 0 Å². The zero-order valence-corrected chi connectivity index (χ0v) is 15.1. The van der Waals surface area contributed by atoms with Crippen molar-refractivity contribution in [2.45, 2.75) is 12.5 Å². The average Bonchev–Trinajstić information content (AvgIpc) is 3.31. The number of carbonyl (C=O) groups excluding carboxylic acids is 1. The molecule has 0 aliphatic carbocycles. The van der Waals surface area contributed by atoms with Crippen molar-refractivity contribution in [3.63, 3.8) is 0 Å². The van der Waals surface area contributed by atoms with Crippen molar-refractivity contribution in [3.05, 3.63) is 70.8 Å². The quantitative estimate of drug-likeness (QED) is 0.676. The van der Waals surface area contributed by atoms with E-state index >= 15 is 0 Å². The van der Waals surface area contributed by atoms with Gasteiger partial charge in [-0.15, -0.1) is 5.10 Å². The molecule has 25 heavy (non-hydrogen) atoms. The summed E-state index contributed by atoms with van der Waals surface area (Å²) in [5.41, 5.74) is 2.62. The number of rotatable bonds is 3. The largest absolute Gasteiger partial charge is 0.336 e. The molecule has 1 aliphatic rings. The average molecular weight is 397 g/mol. The van der Waals surface area contributed by atoms with E-state index in [1.807, 2.05) is 70.4 Å². The van der Waals surface area contributed by atoms with Crippen molar-refractivity contribution in [3.8, 4) is 11.3 Å². The fraction of sp³-hybridized carbons (Fsp3) is 0.211. The molecule has 1 aliphatic heterocycles. The van der Waals surface area contributed by atoms with Crippen molar-refractivity contribution in [1.82, 2.24) is 19.9 Å². The lowest BCUT2D eigenvalue weighted by atomic mass is 10.2. The van der Waals surface area contributed by atoms with Crippen LogP contribution in [0.2, 0.25) is 0 Å². The third-order valence-electron chi connectivity index (χ3n) is 4.48. The van der Waals surface area contributed by atoms with Gasteiger partial charge in [-0.05, 0) is 24.6 Å². The van der Waals surface area contributed by atoms with Crippen LogP contribution in [0, 0.1) is 0 Å². The Bertz CT molecular complexity index is 893. The smallest absolute Gasteiger partial charge is 0.253 e. The van der Waals surface area contributed by atoms with E-state index in [0.29, 0.717) is 12.1 Å². The zero-order chi connectivity index (χ0) is 17.2. The van der Waals surface area contributed by atoms with Crippen LogP contribution in [0.4, 0.5) is 0 Å². The molecule has 6 heteroatoms. The molecule has 126 valence electrons. The van der Waals surface area contributed by atoms with Crippen molar-refractivity contribution in [2.75, 3.05) is 13.1 Å². The van der Waals surface area contributed by atoms with E-state index in [-0.39, 0.29) is 11.9 Å². The summed E-state index contributed by atoms with van der Waals surface area (Å²) < 4.78 is 2.80. The van der Waals surface area contributed by atoms with Gasteiger partial charge in [0.2, 0.25) is 0 Å².